The van der Waals surface area contributed by atoms with Crippen LogP contribution in [-0.2, 0) is 0 Å². The van der Waals surface area contributed by atoms with E-state index < -0.39 is 0 Å². The van der Waals surface area contributed by atoms with Crippen molar-refractivity contribution in [2.75, 3.05) is 12.4 Å². The summed E-state index contributed by atoms with van der Waals surface area (Å²) in [5.41, 5.74) is 0. The van der Waals surface area contributed by atoms with Crippen molar-refractivity contribution < 1.29 is 4.74 Å². The summed E-state index contributed by atoms with van der Waals surface area (Å²) in [4.78, 5) is 4.36. The van der Waals surface area contributed by atoms with Crippen molar-refractivity contribution in [2.24, 2.45) is 11.8 Å². The third kappa shape index (κ3) is 2.90. The lowest BCUT2D eigenvalue weighted by Crippen LogP contribution is -2.33. The predicted molar refractivity (Wildman–Crippen MR) is 70.4 cm³/mol. The van der Waals surface area contributed by atoms with Gasteiger partial charge in [0.25, 0.3) is 0 Å². The minimum absolute atomic E-state index is 0.523. The van der Waals surface area contributed by atoms with Gasteiger partial charge in [-0.3, -0.25) is 0 Å². The number of methoxy groups -OCH3 is 1. The summed E-state index contributed by atoms with van der Waals surface area (Å²) in [6, 6.07) is 4.37. The summed E-state index contributed by atoms with van der Waals surface area (Å²) in [7, 11) is 1.69. The van der Waals surface area contributed by atoms with Gasteiger partial charge in [0.1, 0.15) is 0 Å². The number of hydrogen-bond donors (Lipinski definition) is 1. The van der Waals surface area contributed by atoms with Crippen molar-refractivity contribution in [3.05, 3.63) is 18.3 Å². The van der Waals surface area contributed by atoms with Gasteiger partial charge in [-0.25, -0.2) is 4.98 Å². The van der Waals surface area contributed by atoms with E-state index >= 15 is 0 Å². The van der Waals surface area contributed by atoms with Gasteiger partial charge in [-0.05, 0) is 43.2 Å². The Morgan fingerprint density at radius 1 is 1.35 bits per heavy atom. The molecule has 0 bridgehead atoms. The van der Waals surface area contributed by atoms with Crippen LogP contribution in [0.4, 0.5) is 5.82 Å². The lowest BCUT2D eigenvalue weighted by atomic mass is 9.80. The quantitative estimate of drug-likeness (QED) is 0.871. The molecular formula is C14H22N2O. The van der Waals surface area contributed by atoms with Crippen molar-refractivity contribution in [3.8, 4) is 5.75 Å². The molecule has 3 heteroatoms. The Hall–Kier alpha value is -1.25. The highest BCUT2D eigenvalue weighted by Gasteiger charge is 2.25. The van der Waals surface area contributed by atoms with E-state index in [0.29, 0.717) is 12.0 Å². The zero-order valence-electron chi connectivity index (χ0n) is 10.9. The molecule has 3 atom stereocenters. The maximum atomic E-state index is 5.32. The molecule has 0 saturated heterocycles. The first-order chi connectivity index (χ1) is 8.20. The van der Waals surface area contributed by atoms with Gasteiger partial charge in [-0.15, -0.1) is 0 Å². The number of hydrogen-bond acceptors (Lipinski definition) is 3. The van der Waals surface area contributed by atoms with E-state index in [1.807, 2.05) is 12.1 Å². The van der Waals surface area contributed by atoms with Crippen molar-refractivity contribution in [3.63, 3.8) is 0 Å². The van der Waals surface area contributed by atoms with Crippen molar-refractivity contribution in [1.82, 2.24) is 4.98 Å². The van der Waals surface area contributed by atoms with Crippen LogP contribution in [0, 0.1) is 11.8 Å². The molecule has 2 rings (SSSR count). The number of nitrogens with zero attached hydrogens (tertiary/aromatic N) is 1. The van der Waals surface area contributed by atoms with Gasteiger partial charge in [0.05, 0.1) is 7.11 Å². The largest absolute Gasteiger partial charge is 0.493 e. The monoisotopic (exact) mass is 234 g/mol. The van der Waals surface area contributed by atoms with Crippen LogP contribution >= 0.6 is 0 Å². The van der Waals surface area contributed by atoms with Gasteiger partial charge in [0.15, 0.2) is 11.6 Å². The zero-order chi connectivity index (χ0) is 12.3. The fourth-order valence-corrected chi connectivity index (χ4v) is 2.72. The maximum absolute atomic E-state index is 5.32. The molecule has 1 aromatic rings. The molecule has 1 saturated carbocycles. The number of aromatic nitrogens is 1. The van der Waals surface area contributed by atoms with Gasteiger partial charge in [0, 0.05) is 12.2 Å². The third-order valence-electron chi connectivity index (χ3n) is 3.74. The fourth-order valence-electron chi connectivity index (χ4n) is 2.72. The normalized spacial score (nSPS) is 28.8. The third-order valence-corrected chi connectivity index (χ3v) is 3.74. The summed E-state index contributed by atoms with van der Waals surface area (Å²) in [5.74, 6) is 3.26. The second-order valence-corrected chi connectivity index (χ2v) is 5.20. The number of nitrogens with one attached hydrogen (secondary N) is 1. The van der Waals surface area contributed by atoms with E-state index in [1.165, 1.54) is 19.3 Å². The number of pyridine rings is 1. The zero-order valence-corrected chi connectivity index (χ0v) is 10.9. The molecule has 1 heterocycles. The molecule has 0 aromatic carbocycles. The van der Waals surface area contributed by atoms with Gasteiger partial charge >= 0.3 is 0 Å². The summed E-state index contributed by atoms with van der Waals surface area (Å²) in [6.07, 6.45) is 5.63. The van der Waals surface area contributed by atoms with E-state index in [2.05, 4.69) is 24.1 Å². The van der Waals surface area contributed by atoms with Gasteiger partial charge in [-0.1, -0.05) is 13.8 Å². The van der Waals surface area contributed by atoms with E-state index in [-0.39, 0.29) is 0 Å². The SMILES string of the molecule is COc1cccnc1NC1CCC(C)CC1C. The van der Waals surface area contributed by atoms with Crippen LogP contribution in [0.2, 0.25) is 0 Å². The lowest BCUT2D eigenvalue weighted by Gasteiger charge is -2.33. The predicted octanol–water partition coefficient (Wildman–Crippen LogP) is 3.33. The Morgan fingerprint density at radius 3 is 2.88 bits per heavy atom. The van der Waals surface area contributed by atoms with Crippen molar-refractivity contribution >= 4 is 5.82 Å². The van der Waals surface area contributed by atoms with E-state index in [0.717, 1.165) is 17.5 Å². The molecule has 1 N–H and O–H groups in total. The summed E-state index contributed by atoms with van der Waals surface area (Å²) >= 11 is 0. The fraction of sp³-hybridized carbons (Fsp3) is 0.643. The molecule has 1 fully saturated rings. The summed E-state index contributed by atoms with van der Waals surface area (Å²) in [5, 5.41) is 3.53. The van der Waals surface area contributed by atoms with Crippen LogP contribution in [0.5, 0.6) is 5.75 Å². The molecule has 0 amide bonds. The summed E-state index contributed by atoms with van der Waals surface area (Å²) < 4.78 is 5.32. The van der Waals surface area contributed by atoms with Crippen LogP contribution in [0.25, 0.3) is 0 Å². The van der Waals surface area contributed by atoms with Crippen LogP contribution in [0.3, 0.4) is 0 Å². The van der Waals surface area contributed by atoms with E-state index in [1.54, 1.807) is 13.3 Å². The molecule has 3 unspecified atom stereocenters. The molecule has 1 aliphatic rings. The molecule has 1 aliphatic carbocycles. The topological polar surface area (TPSA) is 34.1 Å². The summed E-state index contributed by atoms with van der Waals surface area (Å²) in [6.45, 7) is 4.66. The van der Waals surface area contributed by atoms with Crippen molar-refractivity contribution in [2.45, 2.75) is 39.2 Å². The number of rotatable bonds is 3. The van der Waals surface area contributed by atoms with Crippen LogP contribution < -0.4 is 10.1 Å². The average Bonchev–Trinajstić information content (AvgIpc) is 2.33. The number of anilines is 1. The number of ether oxygens (including phenoxy) is 1. The van der Waals surface area contributed by atoms with Gasteiger partial charge in [-0.2, -0.15) is 0 Å². The molecule has 0 aliphatic heterocycles. The Labute approximate surface area is 104 Å². The van der Waals surface area contributed by atoms with Crippen LogP contribution in [0.15, 0.2) is 18.3 Å². The lowest BCUT2D eigenvalue weighted by molar-refractivity contribution is 0.275. The minimum Gasteiger partial charge on any atom is -0.493 e. The highest BCUT2D eigenvalue weighted by atomic mass is 16.5. The van der Waals surface area contributed by atoms with Crippen LogP contribution in [-0.4, -0.2) is 18.1 Å². The molecule has 3 nitrogen and oxygen atoms in total. The maximum Gasteiger partial charge on any atom is 0.168 e. The minimum atomic E-state index is 0.523. The second-order valence-electron chi connectivity index (χ2n) is 5.20. The van der Waals surface area contributed by atoms with Crippen molar-refractivity contribution in [1.29, 1.82) is 0 Å². The Morgan fingerprint density at radius 2 is 2.18 bits per heavy atom. The standard InChI is InChI=1S/C14H22N2O/c1-10-6-7-12(11(2)9-10)16-14-13(17-3)5-4-8-15-14/h4-5,8,10-12H,6-7,9H2,1-3H3,(H,15,16). The first-order valence-corrected chi connectivity index (χ1v) is 6.46. The smallest absolute Gasteiger partial charge is 0.168 e. The van der Waals surface area contributed by atoms with E-state index in [9.17, 15) is 0 Å². The van der Waals surface area contributed by atoms with Gasteiger partial charge < -0.3 is 10.1 Å². The average molecular weight is 234 g/mol. The van der Waals surface area contributed by atoms with Gasteiger partial charge in [0.2, 0.25) is 0 Å². The Bertz CT molecular complexity index is 367. The molecule has 94 valence electrons. The highest BCUT2D eigenvalue weighted by Crippen LogP contribution is 2.32. The molecular weight excluding hydrogens is 212 g/mol. The first-order valence-electron chi connectivity index (χ1n) is 6.46. The first kappa shape index (κ1) is 12.2. The molecule has 0 spiro atoms. The second kappa shape index (κ2) is 5.39. The highest BCUT2D eigenvalue weighted by molar-refractivity contribution is 5.50. The molecule has 0 radical (unpaired) electrons. The Kier molecular flexibility index (Phi) is 3.87. The molecule has 1 aromatic heterocycles. The van der Waals surface area contributed by atoms with Crippen LogP contribution in [0.1, 0.15) is 33.1 Å². The molecule has 17 heavy (non-hydrogen) atoms. The van der Waals surface area contributed by atoms with E-state index in [4.69, 9.17) is 4.74 Å². The Balaban J connectivity index is 2.05.